The minimum absolute atomic E-state index is 0.138. The average molecular weight is 308 g/mol. The summed E-state index contributed by atoms with van der Waals surface area (Å²) in [6, 6.07) is 0.138. The van der Waals surface area contributed by atoms with Gasteiger partial charge in [-0.1, -0.05) is 45.9 Å². The van der Waals surface area contributed by atoms with Crippen LogP contribution in [0.15, 0.2) is 23.8 Å². The number of carbonyl (C=O) groups excluding carboxylic acids is 1. The molecule has 1 unspecified atom stereocenters. The highest BCUT2D eigenvalue weighted by atomic mass is 16.6. The van der Waals surface area contributed by atoms with Crippen molar-refractivity contribution in [1.82, 2.24) is 4.90 Å². The molecule has 2 N–H and O–H groups in total. The summed E-state index contributed by atoms with van der Waals surface area (Å²) < 4.78 is 5.35. The molecule has 3 aliphatic rings. The first kappa shape index (κ1) is 18.8. The van der Waals surface area contributed by atoms with Crippen molar-refractivity contribution in [3.8, 4) is 0 Å². The van der Waals surface area contributed by atoms with Crippen molar-refractivity contribution < 1.29 is 9.53 Å². The molecule has 1 heterocycles. The fourth-order valence-corrected chi connectivity index (χ4v) is 2.83. The van der Waals surface area contributed by atoms with Crippen LogP contribution in [0.2, 0.25) is 0 Å². The summed E-state index contributed by atoms with van der Waals surface area (Å²) in [7, 11) is 0. The number of nitrogens with two attached hydrogens (primary N) is 1. The number of likely N-dealkylation sites (tertiary alicyclic amines) is 1. The second kappa shape index (κ2) is 8.99. The Balaban J connectivity index is 0.000000561. The van der Waals surface area contributed by atoms with Gasteiger partial charge in [0, 0.05) is 24.5 Å². The molecule has 1 spiro atoms. The van der Waals surface area contributed by atoms with Crippen LogP contribution in [0.4, 0.5) is 4.79 Å². The van der Waals surface area contributed by atoms with Crippen LogP contribution in [-0.2, 0) is 4.74 Å². The van der Waals surface area contributed by atoms with Crippen molar-refractivity contribution in [1.29, 1.82) is 0 Å². The van der Waals surface area contributed by atoms with E-state index in [4.69, 9.17) is 10.5 Å². The molecule has 0 radical (unpaired) electrons. The zero-order chi connectivity index (χ0) is 16.6. The van der Waals surface area contributed by atoms with E-state index in [-0.39, 0.29) is 17.6 Å². The first-order valence-electron chi connectivity index (χ1n) is 8.72. The predicted octanol–water partition coefficient (Wildman–Crippen LogP) is 3.87. The van der Waals surface area contributed by atoms with E-state index in [0.717, 1.165) is 37.8 Å². The summed E-state index contributed by atoms with van der Waals surface area (Å²) in [4.78, 5) is 13.7. The molecule has 0 bridgehead atoms. The van der Waals surface area contributed by atoms with Gasteiger partial charge >= 0.3 is 6.09 Å². The van der Waals surface area contributed by atoms with Gasteiger partial charge in [0.2, 0.25) is 0 Å². The molecule has 1 aliphatic heterocycles. The first-order valence-corrected chi connectivity index (χ1v) is 8.72. The van der Waals surface area contributed by atoms with Crippen LogP contribution in [-0.4, -0.2) is 36.7 Å². The lowest BCUT2D eigenvalue weighted by atomic mass is 10.0. The Morgan fingerprint density at radius 3 is 2.50 bits per heavy atom. The molecule has 0 aromatic carbocycles. The Morgan fingerprint density at radius 1 is 1.32 bits per heavy atom. The van der Waals surface area contributed by atoms with Gasteiger partial charge in [0.05, 0.1) is 0 Å². The number of nitrogens with zero attached hydrogens (tertiary/aromatic N) is 1. The molecule has 0 aromatic rings. The molecule has 1 saturated carbocycles. The van der Waals surface area contributed by atoms with Crippen LogP contribution in [0, 0.1) is 5.41 Å². The second-order valence-corrected chi connectivity index (χ2v) is 5.66. The molecule has 2 fully saturated rings. The summed E-state index contributed by atoms with van der Waals surface area (Å²) >= 11 is 0. The van der Waals surface area contributed by atoms with Gasteiger partial charge < -0.3 is 15.4 Å². The Labute approximate surface area is 135 Å². The van der Waals surface area contributed by atoms with Gasteiger partial charge in [-0.15, -0.1) is 0 Å². The number of hydrogen-bond donors (Lipinski definition) is 1. The molecule has 22 heavy (non-hydrogen) atoms. The molecule has 4 heteroatoms. The van der Waals surface area contributed by atoms with Crippen molar-refractivity contribution in [2.75, 3.05) is 19.7 Å². The maximum absolute atomic E-state index is 11.9. The third-order valence-electron chi connectivity index (χ3n) is 4.29. The lowest BCUT2D eigenvalue weighted by Gasteiger charge is -2.16. The SMILES string of the molecule is CC.CC.NC1CN(C(=O)OCC2=CCCC=C2)CC12CC2. The van der Waals surface area contributed by atoms with Gasteiger partial charge in [-0.05, 0) is 31.3 Å². The molecule has 1 atom stereocenters. The first-order chi connectivity index (χ1) is 10.7. The Hall–Kier alpha value is -1.29. The number of carbonyl (C=O) groups is 1. The molecular formula is C18H32N2O2. The fourth-order valence-electron chi connectivity index (χ4n) is 2.83. The highest BCUT2D eigenvalue weighted by Gasteiger charge is 2.54. The Kier molecular flexibility index (Phi) is 7.66. The lowest BCUT2D eigenvalue weighted by molar-refractivity contribution is 0.117. The zero-order valence-electron chi connectivity index (χ0n) is 14.6. The molecular weight excluding hydrogens is 276 g/mol. The standard InChI is InChI=1S/C14H20N2O2.2C2H6/c15-12-8-16(10-14(12)6-7-14)13(17)18-9-11-4-2-1-3-5-11;2*1-2/h2,4-5,12H,1,3,6-10,15H2;2*1-2H3. The quantitative estimate of drug-likeness (QED) is 0.842. The Morgan fingerprint density at radius 2 is 2.00 bits per heavy atom. The highest BCUT2D eigenvalue weighted by molar-refractivity contribution is 5.68. The fraction of sp³-hybridized carbons (Fsp3) is 0.722. The lowest BCUT2D eigenvalue weighted by Crippen LogP contribution is -2.33. The number of amides is 1. The summed E-state index contributed by atoms with van der Waals surface area (Å²) in [5, 5.41) is 0. The summed E-state index contributed by atoms with van der Waals surface area (Å²) in [5.74, 6) is 0. The van der Waals surface area contributed by atoms with Gasteiger partial charge in [-0.2, -0.15) is 0 Å². The van der Waals surface area contributed by atoms with Gasteiger partial charge in [-0.25, -0.2) is 4.79 Å². The molecule has 1 saturated heterocycles. The van der Waals surface area contributed by atoms with Crippen LogP contribution in [0.25, 0.3) is 0 Å². The third-order valence-corrected chi connectivity index (χ3v) is 4.29. The maximum Gasteiger partial charge on any atom is 0.410 e. The number of rotatable bonds is 2. The molecule has 2 aliphatic carbocycles. The van der Waals surface area contributed by atoms with E-state index >= 15 is 0 Å². The van der Waals surface area contributed by atoms with Gasteiger partial charge in [0.1, 0.15) is 6.61 Å². The predicted molar refractivity (Wildman–Crippen MR) is 91.7 cm³/mol. The van der Waals surface area contributed by atoms with E-state index in [1.165, 1.54) is 0 Å². The highest BCUT2D eigenvalue weighted by Crippen LogP contribution is 2.52. The van der Waals surface area contributed by atoms with Crippen LogP contribution < -0.4 is 5.73 Å². The van der Waals surface area contributed by atoms with Crippen molar-refractivity contribution in [2.45, 2.75) is 59.4 Å². The molecule has 0 aromatic heterocycles. The normalized spacial score (nSPS) is 23.8. The Bertz CT molecular complexity index is 411. The van der Waals surface area contributed by atoms with Crippen molar-refractivity contribution in [2.24, 2.45) is 11.1 Å². The van der Waals surface area contributed by atoms with E-state index in [9.17, 15) is 4.79 Å². The van der Waals surface area contributed by atoms with E-state index in [1.807, 2.05) is 33.8 Å². The van der Waals surface area contributed by atoms with Gasteiger partial charge in [0.25, 0.3) is 0 Å². The average Bonchev–Trinajstić information content (AvgIpc) is 3.30. The topological polar surface area (TPSA) is 55.6 Å². The van der Waals surface area contributed by atoms with Crippen LogP contribution >= 0.6 is 0 Å². The largest absolute Gasteiger partial charge is 0.445 e. The summed E-state index contributed by atoms with van der Waals surface area (Å²) in [5.41, 5.74) is 7.39. The van der Waals surface area contributed by atoms with E-state index in [2.05, 4.69) is 12.2 Å². The van der Waals surface area contributed by atoms with E-state index < -0.39 is 0 Å². The number of hydrogen-bond acceptors (Lipinski definition) is 3. The molecule has 4 nitrogen and oxygen atoms in total. The second-order valence-electron chi connectivity index (χ2n) is 5.66. The van der Waals surface area contributed by atoms with Crippen molar-refractivity contribution in [3.63, 3.8) is 0 Å². The molecule has 3 rings (SSSR count). The maximum atomic E-state index is 11.9. The zero-order valence-corrected chi connectivity index (χ0v) is 14.6. The van der Waals surface area contributed by atoms with Crippen LogP contribution in [0.5, 0.6) is 0 Å². The van der Waals surface area contributed by atoms with E-state index in [1.54, 1.807) is 4.90 Å². The van der Waals surface area contributed by atoms with Gasteiger partial charge in [0.15, 0.2) is 0 Å². The number of allylic oxidation sites excluding steroid dienone is 2. The van der Waals surface area contributed by atoms with Crippen LogP contribution in [0.1, 0.15) is 53.4 Å². The van der Waals surface area contributed by atoms with Crippen molar-refractivity contribution in [3.05, 3.63) is 23.8 Å². The monoisotopic (exact) mass is 308 g/mol. The van der Waals surface area contributed by atoms with Crippen molar-refractivity contribution >= 4 is 6.09 Å². The molecule has 1 amide bonds. The van der Waals surface area contributed by atoms with Crippen LogP contribution in [0.3, 0.4) is 0 Å². The summed E-state index contributed by atoms with van der Waals surface area (Å²) in [6.45, 7) is 9.81. The van der Waals surface area contributed by atoms with Gasteiger partial charge in [-0.3, -0.25) is 0 Å². The van der Waals surface area contributed by atoms with E-state index in [0.29, 0.717) is 13.2 Å². The minimum Gasteiger partial charge on any atom is -0.445 e. The minimum atomic E-state index is -0.214. The third kappa shape index (κ3) is 4.60. The molecule has 126 valence electrons. The smallest absolute Gasteiger partial charge is 0.410 e. The number of ether oxygens (including phenoxy) is 1. The summed E-state index contributed by atoms with van der Waals surface area (Å²) in [6.07, 6.45) is 10.5.